The van der Waals surface area contributed by atoms with Gasteiger partial charge >= 0.3 is 0 Å². The topological polar surface area (TPSA) is 56.5 Å². The van der Waals surface area contributed by atoms with Crippen LogP contribution < -0.4 is 10.5 Å². The standard InChI is InChI=1S/C46H33N5Si/c1-52(2)41-25-15-13-23-35(41)42-43(32-20-10-5-11-21-32)49-46(50-45(42)52)51-39-24-14-12-22-34(39)36-28-33(26-27-40(36)51)44-47-37(30-16-6-3-7-17-30)29-38(48-44)31-18-8-4-9-19-31/h3-29H,1-2H3. The molecule has 0 spiro atoms. The van der Waals surface area contributed by atoms with Gasteiger partial charge in [-0.1, -0.05) is 147 Å². The third-order valence-electron chi connectivity index (χ3n) is 10.4. The number of para-hydroxylation sites is 1. The molecule has 6 heteroatoms. The summed E-state index contributed by atoms with van der Waals surface area (Å²) in [5.74, 6) is 1.38. The predicted octanol–water partition coefficient (Wildman–Crippen LogP) is 9.83. The predicted molar refractivity (Wildman–Crippen MR) is 216 cm³/mol. The van der Waals surface area contributed by atoms with Crippen molar-refractivity contribution >= 4 is 40.4 Å². The summed E-state index contributed by atoms with van der Waals surface area (Å²) >= 11 is 0. The number of aromatic nitrogens is 5. The molecule has 1 aliphatic heterocycles. The summed E-state index contributed by atoms with van der Waals surface area (Å²) in [6.45, 7) is 4.82. The number of nitrogens with zero attached hydrogens (tertiary/aromatic N) is 5. The van der Waals surface area contributed by atoms with Gasteiger partial charge < -0.3 is 0 Å². The van der Waals surface area contributed by atoms with Gasteiger partial charge in [0.05, 0.1) is 28.1 Å². The van der Waals surface area contributed by atoms with Crippen LogP contribution in [0.4, 0.5) is 0 Å². The van der Waals surface area contributed by atoms with Crippen LogP contribution in [0.5, 0.6) is 0 Å². The Bertz CT molecular complexity index is 2750. The lowest BCUT2D eigenvalue weighted by Gasteiger charge is -2.19. The summed E-state index contributed by atoms with van der Waals surface area (Å²) in [6, 6.07) is 57.2. The molecule has 5 nitrogen and oxygen atoms in total. The number of hydrogen-bond donors (Lipinski definition) is 0. The van der Waals surface area contributed by atoms with Crippen LogP contribution in [0.25, 0.3) is 84.0 Å². The van der Waals surface area contributed by atoms with Crippen LogP contribution in [0.15, 0.2) is 164 Å². The monoisotopic (exact) mass is 683 g/mol. The molecular weight excluding hydrogens is 651 g/mol. The van der Waals surface area contributed by atoms with Crippen LogP contribution in [0.1, 0.15) is 0 Å². The van der Waals surface area contributed by atoms with E-state index in [1.165, 1.54) is 21.6 Å². The molecular formula is C46H33N5Si. The first-order valence-corrected chi connectivity index (χ1v) is 20.7. The maximum absolute atomic E-state index is 5.51. The normalized spacial score (nSPS) is 13.0. The molecule has 0 aliphatic carbocycles. The molecule has 1 aliphatic rings. The zero-order chi connectivity index (χ0) is 34.8. The Labute approximate surface area is 303 Å². The fourth-order valence-corrected chi connectivity index (χ4v) is 10.8. The van der Waals surface area contributed by atoms with Gasteiger partial charge in [-0.25, -0.2) is 19.9 Å². The van der Waals surface area contributed by atoms with Gasteiger partial charge in [0.15, 0.2) is 5.82 Å². The summed E-state index contributed by atoms with van der Waals surface area (Å²) in [7, 11) is -2.13. The summed E-state index contributed by atoms with van der Waals surface area (Å²) in [5, 5.41) is 4.83. The van der Waals surface area contributed by atoms with Crippen molar-refractivity contribution in [1.29, 1.82) is 0 Å². The van der Waals surface area contributed by atoms with Crippen molar-refractivity contribution in [2.24, 2.45) is 0 Å². The Morgan fingerprint density at radius 1 is 0.462 bits per heavy atom. The molecule has 0 N–H and O–H groups in total. The molecule has 246 valence electrons. The Balaban J connectivity index is 1.20. The number of hydrogen-bond acceptors (Lipinski definition) is 4. The molecule has 6 aromatic carbocycles. The summed E-state index contributed by atoms with van der Waals surface area (Å²) in [5.41, 5.74) is 11.5. The molecule has 4 heterocycles. The molecule has 0 amide bonds. The summed E-state index contributed by atoms with van der Waals surface area (Å²) < 4.78 is 2.24. The van der Waals surface area contributed by atoms with Crippen molar-refractivity contribution in [3.8, 4) is 62.2 Å². The first-order valence-electron chi connectivity index (χ1n) is 17.7. The smallest absolute Gasteiger partial charge is 0.235 e. The fraction of sp³-hybridized carbons (Fsp3) is 0.0435. The molecule has 52 heavy (non-hydrogen) atoms. The number of rotatable bonds is 5. The van der Waals surface area contributed by atoms with Gasteiger partial charge in [0.1, 0.15) is 8.07 Å². The molecule has 0 bridgehead atoms. The van der Waals surface area contributed by atoms with Crippen LogP contribution in [-0.2, 0) is 0 Å². The molecule has 0 radical (unpaired) electrons. The van der Waals surface area contributed by atoms with E-state index < -0.39 is 8.07 Å². The van der Waals surface area contributed by atoms with Gasteiger partial charge in [-0.3, -0.25) is 4.57 Å². The highest BCUT2D eigenvalue weighted by molar-refractivity contribution is 7.03. The Morgan fingerprint density at radius 2 is 1.04 bits per heavy atom. The zero-order valence-electron chi connectivity index (χ0n) is 28.8. The zero-order valence-corrected chi connectivity index (χ0v) is 29.8. The van der Waals surface area contributed by atoms with Crippen molar-refractivity contribution in [1.82, 2.24) is 24.5 Å². The minimum atomic E-state index is -2.13. The van der Waals surface area contributed by atoms with E-state index in [2.05, 4.69) is 145 Å². The largest absolute Gasteiger partial charge is 0.278 e. The van der Waals surface area contributed by atoms with Gasteiger partial charge in [0.25, 0.3) is 0 Å². The molecule has 0 saturated carbocycles. The molecule has 0 saturated heterocycles. The third-order valence-corrected chi connectivity index (χ3v) is 13.7. The molecule has 0 fully saturated rings. The molecule has 3 aromatic heterocycles. The van der Waals surface area contributed by atoms with Crippen LogP contribution in [0.2, 0.25) is 13.1 Å². The van der Waals surface area contributed by atoms with Crippen molar-refractivity contribution in [3.63, 3.8) is 0 Å². The van der Waals surface area contributed by atoms with Gasteiger partial charge in [0.2, 0.25) is 5.95 Å². The second kappa shape index (κ2) is 11.8. The first kappa shape index (κ1) is 30.3. The minimum absolute atomic E-state index is 0.685. The van der Waals surface area contributed by atoms with E-state index in [1.807, 2.05) is 36.4 Å². The minimum Gasteiger partial charge on any atom is -0.278 e. The maximum Gasteiger partial charge on any atom is 0.235 e. The van der Waals surface area contributed by atoms with E-state index in [-0.39, 0.29) is 0 Å². The van der Waals surface area contributed by atoms with Crippen LogP contribution in [-0.4, -0.2) is 32.6 Å². The van der Waals surface area contributed by atoms with Crippen LogP contribution in [0.3, 0.4) is 0 Å². The molecule has 0 unspecified atom stereocenters. The number of benzene rings is 6. The van der Waals surface area contributed by atoms with Crippen molar-refractivity contribution in [2.45, 2.75) is 13.1 Å². The summed E-state index contributed by atoms with van der Waals surface area (Å²) in [4.78, 5) is 21.2. The average Bonchev–Trinajstić information content (AvgIpc) is 3.66. The van der Waals surface area contributed by atoms with Crippen molar-refractivity contribution in [3.05, 3.63) is 164 Å². The lowest BCUT2D eigenvalue weighted by Crippen LogP contribution is -2.51. The maximum atomic E-state index is 5.51. The lowest BCUT2D eigenvalue weighted by atomic mass is 10.0. The van der Waals surface area contributed by atoms with Crippen LogP contribution in [0, 0.1) is 0 Å². The highest BCUT2D eigenvalue weighted by atomic mass is 28.3. The van der Waals surface area contributed by atoms with Crippen LogP contribution >= 0.6 is 0 Å². The lowest BCUT2D eigenvalue weighted by molar-refractivity contribution is 1.01. The highest BCUT2D eigenvalue weighted by Crippen LogP contribution is 2.38. The van der Waals surface area contributed by atoms with E-state index in [1.54, 1.807) is 0 Å². The Kier molecular flexibility index (Phi) is 6.88. The Hall–Kier alpha value is -6.50. The first-order chi connectivity index (χ1) is 25.5. The van der Waals surface area contributed by atoms with Gasteiger partial charge in [-0.15, -0.1) is 0 Å². The van der Waals surface area contributed by atoms with Gasteiger partial charge in [0, 0.05) is 43.9 Å². The quantitative estimate of drug-likeness (QED) is 0.170. The molecule has 10 rings (SSSR count). The van der Waals surface area contributed by atoms with Gasteiger partial charge in [-0.2, -0.15) is 0 Å². The number of fused-ring (bicyclic) bond motifs is 6. The van der Waals surface area contributed by atoms with E-state index in [4.69, 9.17) is 19.9 Å². The van der Waals surface area contributed by atoms with Crippen molar-refractivity contribution in [2.75, 3.05) is 0 Å². The second-order valence-electron chi connectivity index (χ2n) is 13.9. The van der Waals surface area contributed by atoms with E-state index in [0.717, 1.165) is 61.1 Å². The third kappa shape index (κ3) is 4.76. The SMILES string of the molecule is C[Si]1(C)c2ccccc2-c2c(-c3ccccc3)nc(-n3c4ccccc4c4cc(-c5nc(-c6ccccc6)cc(-c6ccccc6)n5)ccc43)nc21. The average molecular weight is 684 g/mol. The Morgan fingerprint density at radius 3 is 1.73 bits per heavy atom. The van der Waals surface area contributed by atoms with E-state index >= 15 is 0 Å². The highest BCUT2D eigenvalue weighted by Gasteiger charge is 2.41. The van der Waals surface area contributed by atoms with E-state index in [9.17, 15) is 0 Å². The molecule has 9 aromatic rings. The van der Waals surface area contributed by atoms with Crippen molar-refractivity contribution < 1.29 is 0 Å². The van der Waals surface area contributed by atoms with Gasteiger partial charge in [-0.05, 0) is 41.1 Å². The fourth-order valence-electron chi connectivity index (χ4n) is 7.85. The second-order valence-corrected chi connectivity index (χ2v) is 18.2. The summed E-state index contributed by atoms with van der Waals surface area (Å²) in [6.07, 6.45) is 0. The molecule has 0 atom stereocenters. The van der Waals surface area contributed by atoms with E-state index in [0.29, 0.717) is 11.8 Å².